The van der Waals surface area contributed by atoms with Crippen LogP contribution in [0.15, 0.2) is 0 Å². The second-order valence-electron chi connectivity index (χ2n) is 4.07. The van der Waals surface area contributed by atoms with Gasteiger partial charge in [0.25, 0.3) is 5.95 Å². The largest absolute Gasteiger partial charge is 0.320 e. The molecule has 1 aromatic heterocycles. The SMILES string of the molecule is C[C@@H](N)NCCCC[C@H](N)C(=O)Nc1nn[nH]n1. The van der Waals surface area contributed by atoms with Gasteiger partial charge >= 0.3 is 0 Å². The van der Waals surface area contributed by atoms with E-state index in [0.717, 1.165) is 19.4 Å². The fourth-order valence-electron chi connectivity index (χ4n) is 1.37. The summed E-state index contributed by atoms with van der Waals surface area (Å²) >= 11 is 0. The van der Waals surface area contributed by atoms with Gasteiger partial charge in [-0.3, -0.25) is 10.1 Å². The highest BCUT2D eigenvalue weighted by atomic mass is 16.2. The Kier molecular flexibility index (Phi) is 6.19. The van der Waals surface area contributed by atoms with E-state index in [0.29, 0.717) is 6.42 Å². The maximum atomic E-state index is 11.6. The van der Waals surface area contributed by atoms with Crippen LogP contribution in [0.4, 0.5) is 5.95 Å². The van der Waals surface area contributed by atoms with Crippen LogP contribution in [0.3, 0.4) is 0 Å². The van der Waals surface area contributed by atoms with Gasteiger partial charge in [0, 0.05) is 0 Å². The van der Waals surface area contributed by atoms with Crippen LogP contribution in [0.5, 0.6) is 0 Å². The fourth-order valence-corrected chi connectivity index (χ4v) is 1.37. The molecule has 0 aliphatic heterocycles. The average molecular weight is 256 g/mol. The molecule has 9 heteroatoms. The van der Waals surface area contributed by atoms with Crippen LogP contribution in [0.25, 0.3) is 0 Å². The Morgan fingerprint density at radius 3 is 2.83 bits per heavy atom. The van der Waals surface area contributed by atoms with E-state index in [2.05, 4.69) is 31.3 Å². The molecule has 0 saturated carbocycles. The second kappa shape index (κ2) is 7.69. The first-order valence-corrected chi connectivity index (χ1v) is 5.88. The number of nitrogens with zero attached hydrogens (tertiary/aromatic N) is 3. The number of carbonyl (C=O) groups is 1. The van der Waals surface area contributed by atoms with Gasteiger partial charge in [0.2, 0.25) is 5.91 Å². The number of aromatic nitrogens is 4. The smallest absolute Gasteiger partial charge is 0.269 e. The Bertz CT molecular complexity index is 338. The van der Waals surface area contributed by atoms with Crippen molar-refractivity contribution in [1.82, 2.24) is 25.9 Å². The molecule has 9 nitrogen and oxygen atoms in total. The summed E-state index contributed by atoms with van der Waals surface area (Å²) in [6.45, 7) is 2.70. The summed E-state index contributed by atoms with van der Waals surface area (Å²) < 4.78 is 0. The van der Waals surface area contributed by atoms with Crippen molar-refractivity contribution in [3.05, 3.63) is 0 Å². The third-order valence-corrected chi connectivity index (χ3v) is 2.33. The zero-order chi connectivity index (χ0) is 13.4. The zero-order valence-corrected chi connectivity index (χ0v) is 10.4. The molecule has 0 aliphatic rings. The Morgan fingerprint density at radius 2 is 2.22 bits per heavy atom. The average Bonchev–Trinajstić information content (AvgIpc) is 2.80. The summed E-state index contributed by atoms with van der Waals surface area (Å²) in [6.07, 6.45) is 2.36. The minimum atomic E-state index is -0.571. The van der Waals surface area contributed by atoms with Crippen molar-refractivity contribution >= 4 is 11.9 Å². The third kappa shape index (κ3) is 5.66. The number of amides is 1. The molecule has 2 atom stereocenters. The predicted octanol–water partition coefficient (Wildman–Crippen LogP) is -1.47. The number of aromatic amines is 1. The van der Waals surface area contributed by atoms with Gasteiger partial charge in [-0.1, -0.05) is 11.5 Å². The number of nitrogens with one attached hydrogen (secondary N) is 3. The van der Waals surface area contributed by atoms with E-state index >= 15 is 0 Å². The molecule has 0 unspecified atom stereocenters. The van der Waals surface area contributed by atoms with E-state index in [1.165, 1.54) is 0 Å². The molecule has 1 rings (SSSR count). The van der Waals surface area contributed by atoms with E-state index in [9.17, 15) is 4.79 Å². The number of unbranched alkanes of at least 4 members (excludes halogenated alkanes) is 1. The molecular weight excluding hydrogens is 236 g/mol. The number of tetrazole rings is 1. The Labute approximate surface area is 105 Å². The van der Waals surface area contributed by atoms with Crippen molar-refractivity contribution in [3.8, 4) is 0 Å². The van der Waals surface area contributed by atoms with Crippen LogP contribution in [0.2, 0.25) is 0 Å². The molecule has 0 radical (unpaired) electrons. The molecule has 0 saturated heterocycles. The molecule has 0 fully saturated rings. The molecule has 102 valence electrons. The topological polar surface area (TPSA) is 148 Å². The molecule has 1 aromatic rings. The quantitative estimate of drug-likeness (QED) is 0.281. The van der Waals surface area contributed by atoms with Crippen molar-refractivity contribution in [3.63, 3.8) is 0 Å². The van der Waals surface area contributed by atoms with Crippen molar-refractivity contribution in [2.75, 3.05) is 11.9 Å². The van der Waals surface area contributed by atoms with Crippen LogP contribution in [-0.2, 0) is 4.79 Å². The van der Waals surface area contributed by atoms with Crippen molar-refractivity contribution in [1.29, 1.82) is 0 Å². The standard InChI is InChI=1S/C9H20N8O/c1-6(10)12-5-3-2-4-7(11)8(18)13-9-14-16-17-15-9/h6-7,12H,2-5,10-11H2,1H3,(H2,13,14,15,16,17,18)/t6-,7-/m0/s1. The van der Waals surface area contributed by atoms with Crippen LogP contribution >= 0.6 is 0 Å². The molecule has 1 heterocycles. The van der Waals surface area contributed by atoms with Gasteiger partial charge < -0.3 is 16.8 Å². The fraction of sp³-hybridized carbons (Fsp3) is 0.778. The summed E-state index contributed by atoms with van der Waals surface area (Å²) in [5.41, 5.74) is 11.3. The normalized spacial score (nSPS) is 14.2. The van der Waals surface area contributed by atoms with E-state index in [1.54, 1.807) is 0 Å². The monoisotopic (exact) mass is 256 g/mol. The Morgan fingerprint density at radius 1 is 1.44 bits per heavy atom. The highest BCUT2D eigenvalue weighted by Gasteiger charge is 2.14. The molecule has 7 N–H and O–H groups in total. The van der Waals surface area contributed by atoms with E-state index < -0.39 is 6.04 Å². The summed E-state index contributed by atoms with van der Waals surface area (Å²) in [5.74, 6) is -0.175. The van der Waals surface area contributed by atoms with Gasteiger partial charge in [0.15, 0.2) is 0 Å². The number of nitrogens with two attached hydrogens (primary N) is 2. The lowest BCUT2D eigenvalue weighted by Crippen LogP contribution is -2.37. The molecule has 1 amide bonds. The summed E-state index contributed by atoms with van der Waals surface area (Å²) in [5, 5.41) is 18.3. The van der Waals surface area contributed by atoms with Crippen LogP contribution < -0.4 is 22.1 Å². The van der Waals surface area contributed by atoms with E-state index in [1.807, 2.05) is 6.92 Å². The minimum Gasteiger partial charge on any atom is -0.320 e. The molecule has 0 aliphatic carbocycles. The lowest BCUT2D eigenvalue weighted by atomic mass is 10.1. The highest BCUT2D eigenvalue weighted by Crippen LogP contribution is 2.01. The predicted molar refractivity (Wildman–Crippen MR) is 66.3 cm³/mol. The van der Waals surface area contributed by atoms with E-state index in [4.69, 9.17) is 11.5 Å². The van der Waals surface area contributed by atoms with Gasteiger partial charge in [-0.25, -0.2) is 0 Å². The highest BCUT2D eigenvalue weighted by molar-refractivity contribution is 5.92. The summed E-state index contributed by atoms with van der Waals surface area (Å²) in [6, 6.07) is -0.571. The molecule has 18 heavy (non-hydrogen) atoms. The number of rotatable bonds is 8. The van der Waals surface area contributed by atoms with Gasteiger partial charge in [-0.2, -0.15) is 5.21 Å². The summed E-state index contributed by atoms with van der Waals surface area (Å²) in [4.78, 5) is 11.6. The number of carbonyl (C=O) groups excluding carboxylic acids is 1. The van der Waals surface area contributed by atoms with Gasteiger partial charge in [-0.15, -0.1) is 5.10 Å². The van der Waals surface area contributed by atoms with Gasteiger partial charge in [0.05, 0.1) is 12.2 Å². The Hall–Kier alpha value is -1.58. The first-order chi connectivity index (χ1) is 8.59. The number of hydrogen-bond donors (Lipinski definition) is 5. The Balaban J connectivity index is 2.12. The minimum absolute atomic E-state index is 0.0137. The number of anilines is 1. The third-order valence-electron chi connectivity index (χ3n) is 2.33. The summed E-state index contributed by atoms with van der Waals surface area (Å²) in [7, 11) is 0. The van der Waals surface area contributed by atoms with Gasteiger partial charge in [-0.05, 0) is 31.5 Å². The van der Waals surface area contributed by atoms with Crippen LogP contribution in [0.1, 0.15) is 26.2 Å². The first kappa shape index (κ1) is 14.5. The van der Waals surface area contributed by atoms with Crippen LogP contribution in [-0.4, -0.2) is 45.3 Å². The van der Waals surface area contributed by atoms with Gasteiger partial charge in [0.1, 0.15) is 0 Å². The number of hydrogen-bond acceptors (Lipinski definition) is 7. The number of H-pyrrole nitrogens is 1. The molecular formula is C9H20N8O. The van der Waals surface area contributed by atoms with E-state index in [-0.39, 0.29) is 18.0 Å². The second-order valence-corrected chi connectivity index (χ2v) is 4.07. The van der Waals surface area contributed by atoms with Crippen molar-refractivity contribution in [2.45, 2.75) is 38.4 Å². The lowest BCUT2D eigenvalue weighted by molar-refractivity contribution is -0.117. The molecule has 0 bridgehead atoms. The van der Waals surface area contributed by atoms with Crippen molar-refractivity contribution < 1.29 is 4.79 Å². The first-order valence-electron chi connectivity index (χ1n) is 5.88. The zero-order valence-electron chi connectivity index (χ0n) is 10.4. The molecule has 0 spiro atoms. The molecule has 0 aromatic carbocycles. The van der Waals surface area contributed by atoms with Crippen LogP contribution in [0, 0.1) is 0 Å². The lowest BCUT2D eigenvalue weighted by Gasteiger charge is -2.11. The maximum Gasteiger partial charge on any atom is 0.269 e. The maximum absolute atomic E-state index is 11.6. The van der Waals surface area contributed by atoms with Crippen molar-refractivity contribution in [2.24, 2.45) is 11.5 Å².